The Bertz CT molecular complexity index is 549. The summed E-state index contributed by atoms with van der Waals surface area (Å²) in [6, 6.07) is 7.65. The first-order valence-corrected chi connectivity index (χ1v) is 5.78. The van der Waals surface area contributed by atoms with E-state index in [4.69, 9.17) is 10.2 Å². The molecule has 0 aliphatic carbocycles. The molecule has 0 aliphatic heterocycles. The van der Waals surface area contributed by atoms with Crippen molar-refractivity contribution in [1.29, 1.82) is 0 Å². The lowest BCUT2D eigenvalue weighted by Crippen LogP contribution is -2.12. The van der Waals surface area contributed by atoms with Crippen molar-refractivity contribution in [2.75, 3.05) is 5.32 Å². The standard InChI is InChI=1S/C13H15N3O2/c1-2-9-5-3-4-6-10(9)16-13(17)11-8-15-12(7-14)18-11/h3-6,8H,2,7,14H2,1H3,(H,16,17). The summed E-state index contributed by atoms with van der Waals surface area (Å²) in [6.07, 6.45) is 2.23. The van der Waals surface area contributed by atoms with Gasteiger partial charge in [0.2, 0.25) is 11.7 Å². The van der Waals surface area contributed by atoms with E-state index in [0.29, 0.717) is 5.89 Å². The maximum Gasteiger partial charge on any atom is 0.293 e. The molecule has 0 saturated heterocycles. The number of aryl methyl sites for hydroxylation is 1. The van der Waals surface area contributed by atoms with Gasteiger partial charge in [0, 0.05) is 5.69 Å². The Hall–Kier alpha value is -2.14. The summed E-state index contributed by atoms with van der Waals surface area (Å²) in [6.45, 7) is 2.21. The number of aromatic nitrogens is 1. The van der Waals surface area contributed by atoms with Crippen LogP contribution >= 0.6 is 0 Å². The Balaban J connectivity index is 2.16. The van der Waals surface area contributed by atoms with Gasteiger partial charge in [0.15, 0.2) is 0 Å². The summed E-state index contributed by atoms with van der Waals surface area (Å²) in [5.74, 6) is 0.202. The number of para-hydroxylation sites is 1. The fourth-order valence-electron chi connectivity index (χ4n) is 1.64. The number of nitrogens with one attached hydrogen (secondary N) is 1. The fraction of sp³-hybridized carbons (Fsp3) is 0.231. The minimum Gasteiger partial charge on any atom is -0.434 e. The van der Waals surface area contributed by atoms with Crippen LogP contribution in [0.4, 0.5) is 5.69 Å². The second-order valence-electron chi connectivity index (χ2n) is 3.79. The third-order valence-electron chi connectivity index (χ3n) is 2.60. The number of nitrogens with zero attached hydrogens (tertiary/aromatic N) is 1. The third-order valence-corrected chi connectivity index (χ3v) is 2.60. The molecule has 94 valence electrons. The molecule has 3 N–H and O–H groups in total. The minimum absolute atomic E-state index is 0.168. The highest BCUT2D eigenvalue weighted by Crippen LogP contribution is 2.16. The topological polar surface area (TPSA) is 81.2 Å². The lowest BCUT2D eigenvalue weighted by molar-refractivity contribution is 0.0995. The van der Waals surface area contributed by atoms with Gasteiger partial charge in [-0.15, -0.1) is 0 Å². The van der Waals surface area contributed by atoms with Gasteiger partial charge in [0.1, 0.15) is 0 Å². The first-order chi connectivity index (χ1) is 8.74. The largest absolute Gasteiger partial charge is 0.434 e. The van der Waals surface area contributed by atoms with Crippen molar-refractivity contribution in [3.8, 4) is 0 Å². The van der Waals surface area contributed by atoms with Crippen molar-refractivity contribution in [2.24, 2.45) is 5.73 Å². The molecule has 5 nitrogen and oxygen atoms in total. The first kappa shape index (κ1) is 12.3. The zero-order valence-electron chi connectivity index (χ0n) is 10.1. The Morgan fingerprint density at radius 2 is 2.22 bits per heavy atom. The van der Waals surface area contributed by atoms with E-state index in [1.165, 1.54) is 6.20 Å². The highest BCUT2D eigenvalue weighted by atomic mass is 16.4. The van der Waals surface area contributed by atoms with E-state index in [0.717, 1.165) is 17.7 Å². The van der Waals surface area contributed by atoms with E-state index < -0.39 is 0 Å². The molecule has 5 heteroatoms. The molecule has 1 amide bonds. The summed E-state index contributed by atoms with van der Waals surface area (Å²) in [5, 5.41) is 2.80. The quantitative estimate of drug-likeness (QED) is 0.862. The lowest BCUT2D eigenvalue weighted by Gasteiger charge is -2.07. The highest BCUT2D eigenvalue weighted by Gasteiger charge is 2.13. The monoisotopic (exact) mass is 245 g/mol. The predicted molar refractivity (Wildman–Crippen MR) is 68.2 cm³/mol. The van der Waals surface area contributed by atoms with Crippen LogP contribution in [0.2, 0.25) is 0 Å². The number of rotatable bonds is 4. The maximum atomic E-state index is 11.9. The summed E-state index contributed by atoms with van der Waals surface area (Å²) >= 11 is 0. The number of oxazole rings is 1. The zero-order valence-corrected chi connectivity index (χ0v) is 10.1. The van der Waals surface area contributed by atoms with Crippen LogP contribution in [0.3, 0.4) is 0 Å². The highest BCUT2D eigenvalue weighted by molar-refractivity contribution is 6.02. The zero-order chi connectivity index (χ0) is 13.0. The first-order valence-electron chi connectivity index (χ1n) is 5.78. The number of amides is 1. The van der Waals surface area contributed by atoms with Gasteiger partial charge in [0.25, 0.3) is 5.91 Å². The van der Waals surface area contributed by atoms with E-state index in [9.17, 15) is 4.79 Å². The average molecular weight is 245 g/mol. The number of carbonyl (C=O) groups is 1. The lowest BCUT2D eigenvalue weighted by atomic mass is 10.1. The van der Waals surface area contributed by atoms with Crippen LogP contribution in [0, 0.1) is 0 Å². The molecule has 0 saturated carbocycles. The van der Waals surface area contributed by atoms with Gasteiger partial charge in [-0.3, -0.25) is 4.79 Å². The molecule has 0 spiro atoms. The summed E-state index contributed by atoms with van der Waals surface area (Å²) in [4.78, 5) is 15.8. The summed E-state index contributed by atoms with van der Waals surface area (Å²) in [7, 11) is 0. The summed E-state index contributed by atoms with van der Waals surface area (Å²) < 4.78 is 5.19. The fourth-order valence-corrected chi connectivity index (χ4v) is 1.64. The molecule has 1 aromatic carbocycles. The molecule has 2 rings (SSSR count). The molecule has 0 radical (unpaired) electrons. The van der Waals surface area contributed by atoms with Crippen molar-refractivity contribution in [3.63, 3.8) is 0 Å². The van der Waals surface area contributed by atoms with E-state index in [2.05, 4.69) is 10.3 Å². The number of anilines is 1. The molecule has 0 fully saturated rings. The predicted octanol–water partition coefficient (Wildman–Crippen LogP) is 1.95. The van der Waals surface area contributed by atoms with E-state index >= 15 is 0 Å². The van der Waals surface area contributed by atoms with Crippen molar-refractivity contribution in [2.45, 2.75) is 19.9 Å². The number of hydrogen-bond donors (Lipinski definition) is 2. The van der Waals surface area contributed by atoms with Crippen molar-refractivity contribution < 1.29 is 9.21 Å². The molecule has 1 aromatic heterocycles. The van der Waals surface area contributed by atoms with Gasteiger partial charge in [-0.25, -0.2) is 4.98 Å². The van der Waals surface area contributed by atoms with Crippen molar-refractivity contribution in [3.05, 3.63) is 47.7 Å². The van der Waals surface area contributed by atoms with E-state index in [1.54, 1.807) is 0 Å². The molecule has 0 atom stereocenters. The van der Waals surface area contributed by atoms with E-state index in [-0.39, 0.29) is 18.2 Å². The Kier molecular flexibility index (Phi) is 3.74. The van der Waals surface area contributed by atoms with Crippen LogP contribution in [0.5, 0.6) is 0 Å². The van der Waals surface area contributed by atoms with Crippen LogP contribution in [0.1, 0.15) is 28.9 Å². The number of hydrogen-bond acceptors (Lipinski definition) is 4. The van der Waals surface area contributed by atoms with Gasteiger partial charge in [0.05, 0.1) is 12.7 Å². The Morgan fingerprint density at radius 1 is 1.44 bits per heavy atom. The molecule has 2 aromatic rings. The van der Waals surface area contributed by atoms with Gasteiger partial charge >= 0.3 is 0 Å². The van der Waals surface area contributed by atoms with Crippen molar-refractivity contribution >= 4 is 11.6 Å². The number of nitrogens with two attached hydrogens (primary N) is 1. The van der Waals surface area contributed by atoms with Crippen LogP contribution in [0.25, 0.3) is 0 Å². The average Bonchev–Trinajstić information content (AvgIpc) is 2.88. The molecule has 0 unspecified atom stereocenters. The summed E-state index contributed by atoms with van der Waals surface area (Å²) in [5.41, 5.74) is 7.23. The molecular formula is C13H15N3O2. The van der Waals surface area contributed by atoms with Crippen molar-refractivity contribution in [1.82, 2.24) is 4.98 Å². The van der Waals surface area contributed by atoms with E-state index in [1.807, 2.05) is 31.2 Å². The van der Waals surface area contributed by atoms with Gasteiger partial charge in [-0.05, 0) is 18.1 Å². The Morgan fingerprint density at radius 3 is 2.89 bits per heavy atom. The van der Waals surface area contributed by atoms with Gasteiger partial charge in [-0.2, -0.15) is 0 Å². The molecule has 0 aliphatic rings. The third kappa shape index (κ3) is 2.57. The minimum atomic E-state index is -0.317. The smallest absolute Gasteiger partial charge is 0.293 e. The number of carbonyl (C=O) groups excluding carboxylic acids is 1. The second-order valence-corrected chi connectivity index (χ2v) is 3.79. The van der Waals surface area contributed by atoms with Crippen LogP contribution < -0.4 is 11.1 Å². The molecular weight excluding hydrogens is 230 g/mol. The molecule has 18 heavy (non-hydrogen) atoms. The number of benzene rings is 1. The molecule has 1 heterocycles. The normalized spacial score (nSPS) is 10.3. The SMILES string of the molecule is CCc1ccccc1NC(=O)c1cnc(CN)o1. The van der Waals surface area contributed by atoms with Crippen LogP contribution in [-0.4, -0.2) is 10.9 Å². The maximum absolute atomic E-state index is 11.9. The molecule has 0 bridgehead atoms. The second kappa shape index (κ2) is 5.46. The van der Waals surface area contributed by atoms with Crippen LogP contribution in [0.15, 0.2) is 34.9 Å². The van der Waals surface area contributed by atoms with Gasteiger partial charge < -0.3 is 15.5 Å². The van der Waals surface area contributed by atoms with Gasteiger partial charge in [-0.1, -0.05) is 25.1 Å². The Labute approximate surface area is 105 Å². The van der Waals surface area contributed by atoms with Crippen LogP contribution in [-0.2, 0) is 13.0 Å².